The standard InChI is InChI=1S/C15H19BrClF2N/c1-10-4-6-15(9-17,7-5-10)20-8-11-13(18)3-2-12(16)14(11)19/h2-3,10,20H,4-9H2,1H3. The van der Waals surface area contributed by atoms with Gasteiger partial charge in [-0.25, -0.2) is 8.78 Å². The lowest BCUT2D eigenvalue weighted by Crippen LogP contribution is -2.49. The molecule has 1 saturated carbocycles. The smallest absolute Gasteiger partial charge is 0.144 e. The van der Waals surface area contributed by atoms with Crippen molar-refractivity contribution in [1.82, 2.24) is 5.32 Å². The number of halogens is 4. The van der Waals surface area contributed by atoms with Crippen LogP contribution in [0.2, 0.25) is 0 Å². The van der Waals surface area contributed by atoms with Gasteiger partial charge in [-0.3, -0.25) is 0 Å². The molecule has 1 fully saturated rings. The van der Waals surface area contributed by atoms with Crippen LogP contribution in [0.5, 0.6) is 0 Å². The Kier molecular flexibility index (Phi) is 5.43. The van der Waals surface area contributed by atoms with E-state index in [1.807, 2.05) is 0 Å². The maximum absolute atomic E-state index is 13.9. The van der Waals surface area contributed by atoms with Gasteiger partial charge >= 0.3 is 0 Å². The van der Waals surface area contributed by atoms with Crippen LogP contribution in [-0.4, -0.2) is 11.4 Å². The second-order valence-electron chi connectivity index (χ2n) is 5.77. The highest BCUT2D eigenvalue weighted by atomic mass is 79.9. The molecular weight excluding hydrogens is 348 g/mol. The summed E-state index contributed by atoms with van der Waals surface area (Å²) in [7, 11) is 0. The van der Waals surface area contributed by atoms with E-state index in [1.165, 1.54) is 12.1 Å². The van der Waals surface area contributed by atoms with Crippen molar-refractivity contribution in [2.24, 2.45) is 5.92 Å². The average molecular weight is 367 g/mol. The van der Waals surface area contributed by atoms with Crippen LogP contribution in [0.1, 0.15) is 38.2 Å². The minimum atomic E-state index is -0.536. The van der Waals surface area contributed by atoms with Gasteiger partial charge in [-0.15, -0.1) is 11.6 Å². The highest BCUT2D eigenvalue weighted by Crippen LogP contribution is 2.33. The topological polar surface area (TPSA) is 12.0 Å². The van der Waals surface area contributed by atoms with Crippen LogP contribution in [0, 0.1) is 17.6 Å². The molecule has 1 N–H and O–H groups in total. The molecule has 1 nitrogen and oxygen atoms in total. The quantitative estimate of drug-likeness (QED) is 0.584. The molecule has 0 radical (unpaired) electrons. The second kappa shape index (κ2) is 6.71. The van der Waals surface area contributed by atoms with Gasteiger partial charge in [-0.2, -0.15) is 0 Å². The third-order valence-electron chi connectivity index (χ3n) is 4.27. The van der Waals surface area contributed by atoms with E-state index in [2.05, 4.69) is 28.2 Å². The highest BCUT2D eigenvalue weighted by molar-refractivity contribution is 9.10. The lowest BCUT2D eigenvalue weighted by atomic mass is 9.78. The molecule has 1 aromatic carbocycles. The van der Waals surface area contributed by atoms with Gasteiger partial charge in [0.1, 0.15) is 11.6 Å². The van der Waals surface area contributed by atoms with Gasteiger partial charge in [0.15, 0.2) is 0 Å². The molecule has 0 spiro atoms. The molecule has 0 aromatic heterocycles. The predicted octanol–water partition coefficient (Wildman–Crippen LogP) is 5.00. The van der Waals surface area contributed by atoms with Crippen LogP contribution < -0.4 is 5.32 Å². The van der Waals surface area contributed by atoms with Gasteiger partial charge < -0.3 is 5.32 Å². The first-order valence-corrected chi connectivity index (χ1v) is 8.23. The summed E-state index contributed by atoms with van der Waals surface area (Å²) in [6, 6.07) is 2.66. The van der Waals surface area contributed by atoms with E-state index in [9.17, 15) is 8.78 Å². The minimum Gasteiger partial charge on any atom is -0.306 e. The molecule has 0 amide bonds. The Morgan fingerprint density at radius 2 is 2.00 bits per heavy atom. The van der Waals surface area contributed by atoms with Crippen molar-refractivity contribution in [1.29, 1.82) is 0 Å². The van der Waals surface area contributed by atoms with Crippen LogP contribution in [0.3, 0.4) is 0 Å². The van der Waals surface area contributed by atoms with Gasteiger partial charge in [-0.05, 0) is 59.7 Å². The zero-order valence-electron chi connectivity index (χ0n) is 11.5. The Morgan fingerprint density at radius 3 is 2.60 bits per heavy atom. The molecule has 1 aliphatic carbocycles. The molecule has 0 bridgehead atoms. The van der Waals surface area contributed by atoms with E-state index in [0.29, 0.717) is 11.8 Å². The molecule has 1 aromatic rings. The summed E-state index contributed by atoms with van der Waals surface area (Å²) in [6.07, 6.45) is 4.11. The SMILES string of the molecule is CC1CCC(CCl)(NCc2c(F)ccc(Br)c2F)CC1. The van der Waals surface area contributed by atoms with Gasteiger partial charge in [-0.1, -0.05) is 6.92 Å². The molecule has 112 valence electrons. The molecule has 0 aliphatic heterocycles. The van der Waals surface area contributed by atoms with Crippen molar-refractivity contribution in [2.75, 3.05) is 5.88 Å². The first-order valence-electron chi connectivity index (χ1n) is 6.91. The fraction of sp³-hybridized carbons (Fsp3) is 0.600. The zero-order valence-corrected chi connectivity index (χ0v) is 13.8. The molecule has 20 heavy (non-hydrogen) atoms. The third kappa shape index (κ3) is 3.52. The fourth-order valence-corrected chi connectivity index (χ4v) is 3.41. The normalized spacial score (nSPS) is 26.8. The number of hydrogen-bond donors (Lipinski definition) is 1. The van der Waals surface area contributed by atoms with E-state index in [4.69, 9.17) is 11.6 Å². The Hall–Kier alpha value is -0.190. The molecule has 1 aliphatic rings. The van der Waals surface area contributed by atoms with E-state index < -0.39 is 11.6 Å². The Balaban J connectivity index is 2.09. The molecule has 0 heterocycles. The maximum Gasteiger partial charge on any atom is 0.144 e. The summed E-state index contributed by atoms with van der Waals surface area (Å²) < 4.78 is 28.0. The summed E-state index contributed by atoms with van der Waals surface area (Å²) in [5.74, 6) is 0.114. The lowest BCUT2D eigenvalue weighted by molar-refractivity contribution is 0.214. The average Bonchev–Trinajstić information content (AvgIpc) is 2.45. The minimum absolute atomic E-state index is 0.0717. The molecular formula is C15H19BrClF2N. The Morgan fingerprint density at radius 1 is 1.35 bits per heavy atom. The first-order chi connectivity index (χ1) is 9.47. The number of hydrogen-bond acceptors (Lipinski definition) is 1. The Bertz CT molecular complexity index is 473. The fourth-order valence-electron chi connectivity index (χ4n) is 2.68. The predicted molar refractivity (Wildman–Crippen MR) is 82.0 cm³/mol. The van der Waals surface area contributed by atoms with Crippen molar-refractivity contribution in [3.05, 3.63) is 33.8 Å². The van der Waals surface area contributed by atoms with Crippen LogP contribution in [0.25, 0.3) is 0 Å². The van der Waals surface area contributed by atoms with Crippen molar-refractivity contribution >= 4 is 27.5 Å². The van der Waals surface area contributed by atoms with Crippen molar-refractivity contribution in [3.8, 4) is 0 Å². The molecule has 5 heteroatoms. The maximum atomic E-state index is 13.9. The number of nitrogens with one attached hydrogen (secondary N) is 1. The van der Waals surface area contributed by atoms with Crippen LogP contribution in [0.15, 0.2) is 16.6 Å². The molecule has 0 unspecified atom stereocenters. The number of rotatable bonds is 4. The van der Waals surface area contributed by atoms with Crippen LogP contribution >= 0.6 is 27.5 Å². The third-order valence-corrected chi connectivity index (χ3v) is 5.39. The van der Waals surface area contributed by atoms with Gasteiger partial charge in [0.2, 0.25) is 0 Å². The molecule has 0 saturated heterocycles. The van der Waals surface area contributed by atoms with E-state index in [1.54, 1.807) is 0 Å². The zero-order chi connectivity index (χ0) is 14.8. The number of benzene rings is 1. The highest BCUT2D eigenvalue weighted by Gasteiger charge is 2.33. The summed E-state index contributed by atoms with van der Waals surface area (Å²) in [6.45, 7) is 2.39. The van der Waals surface area contributed by atoms with Gasteiger partial charge in [0.05, 0.1) is 4.47 Å². The van der Waals surface area contributed by atoms with E-state index >= 15 is 0 Å². The summed E-state index contributed by atoms with van der Waals surface area (Å²) >= 11 is 9.19. The summed E-state index contributed by atoms with van der Waals surface area (Å²) in [5, 5.41) is 3.30. The summed E-state index contributed by atoms with van der Waals surface area (Å²) in [5.41, 5.74) is -0.127. The van der Waals surface area contributed by atoms with Crippen molar-refractivity contribution in [3.63, 3.8) is 0 Å². The molecule has 2 rings (SSSR count). The van der Waals surface area contributed by atoms with Crippen molar-refractivity contribution in [2.45, 2.75) is 44.7 Å². The van der Waals surface area contributed by atoms with Gasteiger partial charge in [0, 0.05) is 23.5 Å². The first kappa shape index (κ1) is 16.2. The molecule has 0 atom stereocenters. The Labute approximate surface area is 132 Å². The van der Waals surface area contributed by atoms with E-state index in [0.717, 1.165) is 25.7 Å². The van der Waals surface area contributed by atoms with Crippen molar-refractivity contribution < 1.29 is 8.78 Å². The second-order valence-corrected chi connectivity index (χ2v) is 6.89. The largest absolute Gasteiger partial charge is 0.306 e. The van der Waals surface area contributed by atoms with Gasteiger partial charge in [0.25, 0.3) is 0 Å². The van der Waals surface area contributed by atoms with E-state index in [-0.39, 0.29) is 22.1 Å². The lowest BCUT2D eigenvalue weighted by Gasteiger charge is -2.39. The van der Waals surface area contributed by atoms with Crippen LogP contribution in [-0.2, 0) is 6.54 Å². The number of alkyl halides is 1. The summed E-state index contributed by atoms with van der Waals surface area (Å²) in [4.78, 5) is 0. The van der Waals surface area contributed by atoms with Crippen LogP contribution in [0.4, 0.5) is 8.78 Å². The monoisotopic (exact) mass is 365 g/mol.